The molecular formula is C25H31Cl2N3O2. The minimum absolute atomic E-state index is 0.0131. The van der Waals surface area contributed by atoms with Gasteiger partial charge in [0.1, 0.15) is 0 Å². The van der Waals surface area contributed by atoms with Crippen LogP contribution in [0.1, 0.15) is 48.7 Å². The van der Waals surface area contributed by atoms with Gasteiger partial charge in [-0.05, 0) is 61.8 Å². The zero-order valence-corrected chi connectivity index (χ0v) is 20.2. The number of nitrogens with one attached hydrogen (secondary N) is 1. The molecular weight excluding hydrogens is 445 g/mol. The Balaban J connectivity index is 1.57. The van der Waals surface area contributed by atoms with Gasteiger partial charge in [0.05, 0.1) is 6.04 Å². The number of amides is 2. The molecule has 5 nitrogen and oxygen atoms in total. The number of nitrogens with zero attached hydrogens (tertiary/aromatic N) is 2. The van der Waals surface area contributed by atoms with Crippen LogP contribution in [0.25, 0.3) is 0 Å². The zero-order chi connectivity index (χ0) is 23.1. The molecule has 1 aliphatic rings. The molecule has 172 valence electrons. The third-order valence-corrected chi connectivity index (χ3v) is 6.83. The summed E-state index contributed by atoms with van der Waals surface area (Å²) in [7, 11) is 0. The van der Waals surface area contributed by atoms with Gasteiger partial charge in [-0.15, -0.1) is 0 Å². The summed E-state index contributed by atoms with van der Waals surface area (Å²) in [5, 5.41) is 4.48. The maximum Gasteiger partial charge on any atom is 0.253 e. The molecule has 32 heavy (non-hydrogen) atoms. The predicted molar refractivity (Wildman–Crippen MR) is 130 cm³/mol. The monoisotopic (exact) mass is 475 g/mol. The van der Waals surface area contributed by atoms with Crippen LogP contribution in [0.4, 0.5) is 0 Å². The van der Waals surface area contributed by atoms with E-state index in [4.69, 9.17) is 23.2 Å². The van der Waals surface area contributed by atoms with Crippen LogP contribution in [0.3, 0.4) is 0 Å². The highest BCUT2D eigenvalue weighted by molar-refractivity contribution is 6.31. The minimum atomic E-state index is -0.0899. The van der Waals surface area contributed by atoms with Crippen molar-refractivity contribution in [2.24, 2.45) is 5.92 Å². The molecule has 0 spiro atoms. The maximum atomic E-state index is 12.9. The van der Waals surface area contributed by atoms with Gasteiger partial charge in [-0.25, -0.2) is 0 Å². The number of hydrogen-bond donors (Lipinski definition) is 1. The highest BCUT2D eigenvalue weighted by Gasteiger charge is 2.29. The fourth-order valence-corrected chi connectivity index (χ4v) is 4.69. The lowest BCUT2D eigenvalue weighted by Gasteiger charge is -2.33. The molecule has 0 aromatic heterocycles. The number of hydrogen-bond acceptors (Lipinski definition) is 3. The summed E-state index contributed by atoms with van der Waals surface area (Å²) in [6.45, 7) is 7.62. The van der Waals surface area contributed by atoms with E-state index in [9.17, 15) is 9.59 Å². The van der Waals surface area contributed by atoms with E-state index in [-0.39, 0.29) is 23.8 Å². The van der Waals surface area contributed by atoms with Gasteiger partial charge in [0, 0.05) is 41.2 Å². The molecule has 7 heteroatoms. The third-order valence-electron chi connectivity index (χ3n) is 6.23. The lowest BCUT2D eigenvalue weighted by molar-refractivity contribution is -0.126. The van der Waals surface area contributed by atoms with Gasteiger partial charge in [-0.1, -0.05) is 55.2 Å². The van der Waals surface area contributed by atoms with Crippen molar-refractivity contribution in [1.29, 1.82) is 0 Å². The van der Waals surface area contributed by atoms with Crippen LogP contribution in [-0.4, -0.2) is 54.3 Å². The first-order valence-electron chi connectivity index (χ1n) is 11.3. The molecule has 1 heterocycles. The Hall–Kier alpha value is -2.08. The Labute approximate surface area is 200 Å². The topological polar surface area (TPSA) is 52.7 Å². The molecule has 1 fully saturated rings. The van der Waals surface area contributed by atoms with Gasteiger partial charge < -0.3 is 10.2 Å². The molecule has 2 aromatic carbocycles. The fraction of sp³-hybridized carbons (Fsp3) is 0.440. The molecule has 0 bridgehead atoms. The van der Waals surface area contributed by atoms with E-state index in [0.29, 0.717) is 48.1 Å². The summed E-state index contributed by atoms with van der Waals surface area (Å²) in [6.07, 6.45) is 1.32. The van der Waals surface area contributed by atoms with Crippen molar-refractivity contribution >= 4 is 35.0 Å². The summed E-state index contributed by atoms with van der Waals surface area (Å²) in [5.41, 5.74) is 1.65. The van der Waals surface area contributed by atoms with Crippen LogP contribution in [-0.2, 0) is 4.79 Å². The molecule has 1 N–H and O–H groups in total. The first-order chi connectivity index (χ1) is 15.4. The maximum absolute atomic E-state index is 12.9. The number of rotatable bonds is 8. The second kappa shape index (κ2) is 11.7. The number of likely N-dealkylation sites (tertiary alicyclic amines) is 1. The van der Waals surface area contributed by atoms with Gasteiger partial charge >= 0.3 is 0 Å². The Bertz CT molecular complexity index is 908. The van der Waals surface area contributed by atoms with E-state index in [1.54, 1.807) is 24.3 Å². The Morgan fingerprint density at radius 2 is 1.66 bits per heavy atom. The van der Waals surface area contributed by atoms with Crippen molar-refractivity contribution in [2.45, 2.75) is 32.7 Å². The summed E-state index contributed by atoms with van der Waals surface area (Å²) in [4.78, 5) is 29.7. The molecule has 1 unspecified atom stereocenters. The minimum Gasteiger partial charge on any atom is -0.354 e. The SMILES string of the molecule is CCN(CC)C(CNC(=O)C1CCN(C(=O)c2ccc(Cl)cc2)CC1)c1ccccc1Cl. The zero-order valence-electron chi connectivity index (χ0n) is 18.7. The van der Waals surface area contributed by atoms with E-state index < -0.39 is 0 Å². The molecule has 1 atom stereocenters. The summed E-state index contributed by atoms with van der Waals surface area (Å²) < 4.78 is 0. The number of likely N-dealkylation sites (N-methyl/N-ethyl adjacent to an activating group) is 1. The predicted octanol–water partition coefficient (Wildman–Crippen LogP) is 5.04. The summed E-state index contributed by atoms with van der Waals surface area (Å²) in [6, 6.07) is 14.8. The van der Waals surface area contributed by atoms with E-state index in [1.807, 2.05) is 29.2 Å². The highest BCUT2D eigenvalue weighted by Crippen LogP contribution is 2.27. The summed E-state index contributed by atoms with van der Waals surface area (Å²) >= 11 is 12.4. The van der Waals surface area contributed by atoms with Crippen molar-refractivity contribution in [3.05, 3.63) is 69.7 Å². The van der Waals surface area contributed by atoms with Crippen LogP contribution in [0.5, 0.6) is 0 Å². The van der Waals surface area contributed by atoms with Gasteiger partial charge in [0.2, 0.25) is 5.91 Å². The molecule has 0 radical (unpaired) electrons. The molecule has 1 saturated heterocycles. The van der Waals surface area contributed by atoms with Crippen molar-refractivity contribution in [3.63, 3.8) is 0 Å². The Kier molecular flexibility index (Phi) is 8.97. The largest absolute Gasteiger partial charge is 0.354 e. The second-order valence-electron chi connectivity index (χ2n) is 8.08. The number of benzene rings is 2. The highest BCUT2D eigenvalue weighted by atomic mass is 35.5. The number of carbonyl (C=O) groups excluding carboxylic acids is 2. The Morgan fingerprint density at radius 3 is 2.25 bits per heavy atom. The standard InChI is InChI=1S/C25H31Cl2N3O2/c1-3-29(4-2)23(21-7-5-6-8-22(21)27)17-28-24(31)18-13-15-30(16-14-18)25(32)19-9-11-20(26)12-10-19/h5-12,18,23H,3-4,13-17H2,1-2H3,(H,28,31). The quantitative estimate of drug-likeness (QED) is 0.581. The van der Waals surface area contributed by atoms with Gasteiger partial charge in [-0.2, -0.15) is 0 Å². The Morgan fingerprint density at radius 1 is 1.03 bits per heavy atom. The lowest BCUT2D eigenvalue weighted by Crippen LogP contribution is -2.45. The van der Waals surface area contributed by atoms with Gasteiger partial charge in [-0.3, -0.25) is 14.5 Å². The van der Waals surface area contributed by atoms with Crippen molar-refractivity contribution in [3.8, 4) is 0 Å². The van der Waals surface area contributed by atoms with E-state index in [0.717, 1.165) is 18.7 Å². The number of halogens is 2. The smallest absolute Gasteiger partial charge is 0.253 e. The normalized spacial score (nSPS) is 15.6. The van der Waals surface area contributed by atoms with Crippen LogP contribution < -0.4 is 5.32 Å². The number of carbonyl (C=O) groups is 2. The molecule has 3 rings (SSSR count). The van der Waals surface area contributed by atoms with E-state index in [1.165, 1.54) is 0 Å². The summed E-state index contributed by atoms with van der Waals surface area (Å²) in [5.74, 6) is -0.0542. The molecule has 1 aliphatic heterocycles. The van der Waals surface area contributed by atoms with Crippen LogP contribution in [0.2, 0.25) is 10.0 Å². The van der Waals surface area contributed by atoms with Gasteiger partial charge in [0.25, 0.3) is 5.91 Å². The van der Waals surface area contributed by atoms with E-state index in [2.05, 4.69) is 24.1 Å². The molecule has 2 aromatic rings. The average Bonchev–Trinajstić information content (AvgIpc) is 2.82. The molecule has 2 amide bonds. The fourth-order valence-electron chi connectivity index (χ4n) is 4.31. The molecule has 0 aliphatic carbocycles. The van der Waals surface area contributed by atoms with E-state index >= 15 is 0 Å². The first kappa shape index (κ1) is 24.6. The van der Waals surface area contributed by atoms with Crippen LogP contribution >= 0.6 is 23.2 Å². The second-order valence-corrected chi connectivity index (χ2v) is 8.92. The molecule has 0 saturated carbocycles. The van der Waals surface area contributed by atoms with Crippen LogP contribution in [0.15, 0.2) is 48.5 Å². The lowest BCUT2D eigenvalue weighted by atomic mass is 9.95. The first-order valence-corrected chi connectivity index (χ1v) is 12.0. The van der Waals surface area contributed by atoms with Crippen molar-refractivity contribution in [1.82, 2.24) is 15.1 Å². The number of piperidine rings is 1. The van der Waals surface area contributed by atoms with Crippen molar-refractivity contribution in [2.75, 3.05) is 32.7 Å². The third kappa shape index (κ3) is 6.03. The van der Waals surface area contributed by atoms with Crippen LogP contribution in [0, 0.1) is 5.92 Å². The van der Waals surface area contributed by atoms with Crippen molar-refractivity contribution < 1.29 is 9.59 Å². The average molecular weight is 476 g/mol. The van der Waals surface area contributed by atoms with Gasteiger partial charge in [0.15, 0.2) is 0 Å².